The lowest BCUT2D eigenvalue weighted by molar-refractivity contribution is -0.137. The van der Waals surface area contributed by atoms with Crippen molar-refractivity contribution in [3.05, 3.63) is 12.2 Å². The number of ether oxygens (including phenoxy) is 1. The summed E-state index contributed by atoms with van der Waals surface area (Å²) in [6, 6.07) is 0. The van der Waals surface area contributed by atoms with E-state index >= 15 is 0 Å². The molecule has 0 spiro atoms. The van der Waals surface area contributed by atoms with Gasteiger partial charge in [-0.2, -0.15) is 0 Å². The van der Waals surface area contributed by atoms with Gasteiger partial charge in [0.2, 0.25) is 8.32 Å². The van der Waals surface area contributed by atoms with Crippen LogP contribution < -0.4 is 0 Å². The van der Waals surface area contributed by atoms with E-state index in [0.29, 0.717) is 23.2 Å². The highest BCUT2D eigenvalue weighted by molar-refractivity contribution is 6.77. The lowest BCUT2D eigenvalue weighted by Crippen LogP contribution is -2.49. The van der Waals surface area contributed by atoms with E-state index in [-0.39, 0.29) is 12.1 Å². The second kappa shape index (κ2) is 9.41. The summed E-state index contributed by atoms with van der Waals surface area (Å²) >= 11 is 0. The first-order chi connectivity index (χ1) is 9.72. The summed E-state index contributed by atoms with van der Waals surface area (Å²) in [5.74, 6) is -0.287. The Hall–Kier alpha value is -0.613. The van der Waals surface area contributed by atoms with Gasteiger partial charge in [-0.05, 0) is 36.0 Å². The Morgan fingerprint density at radius 3 is 1.81 bits per heavy atom. The summed E-state index contributed by atoms with van der Waals surface area (Å²) in [7, 11) is -1.91. The molecule has 0 bridgehead atoms. The Morgan fingerprint density at radius 1 is 1.00 bits per heavy atom. The second-order valence-electron chi connectivity index (χ2n) is 6.49. The lowest BCUT2D eigenvalue weighted by atomic mass is 10.2. The molecule has 21 heavy (non-hydrogen) atoms. The van der Waals surface area contributed by atoms with Crippen molar-refractivity contribution < 1.29 is 14.0 Å². The molecular weight excluding hydrogens is 280 g/mol. The number of hydrogen-bond donors (Lipinski definition) is 0. The van der Waals surface area contributed by atoms with Gasteiger partial charge in [0.1, 0.15) is 0 Å². The monoisotopic (exact) mass is 314 g/mol. The van der Waals surface area contributed by atoms with Crippen molar-refractivity contribution in [3.63, 3.8) is 0 Å². The van der Waals surface area contributed by atoms with Gasteiger partial charge >= 0.3 is 5.97 Å². The topological polar surface area (TPSA) is 35.5 Å². The fourth-order valence-electron chi connectivity index (χ4n) is 3.31. The normalized spacial score (nSPS) is 14.4. The minimum Gasteiger partial charge on any atom is -0.463 e. The maximum atomic E-state index is 11.5. The molecular formula is C17H34O3Si. The Balaban J connectivity index is 5.16. The molecule has 0 fully saturated rings. The smallest absolute Gasteiger partial charge is 0.330 e. The molecule has 0 aliphatic carbocycles. The molecule has 0 aromatic rings. The van der Waals surface area contributed by atoms with E-state index < -0.39 is 8.32 Å². The molecule has 0 rings (SSSR count). The predicted octanol–water partition coefficient (Wildman–Crippen LogP) is 5.08. The lowest BCUT2D eigenvalue weighted by Gasteiger charge is -2.44. The van der Waals surface area contributed by atoms with E-state index in [4.69, 9.17) is 9.16 Å². The second-order valence-corrected chi connectivity index (χ2v) is 11.9. The Bertz CT molecular complexity index is 313. The quantitative estimate of drug-likeness (QED) is 0.338. The first-order valence-corrected chi connectivity index (χ1v) is 10.4. The zero-order valence-corrected chi connectivity index (χ0v) is 16.1. The van der Waals surface area contributed by atoms with Gasteiger partial charge in [0.15, 0.2) is 0 Å². The van der Waals surface area contributed by atoms with Crippen LogP contribution in [-0.2, 0) is 14.0 Å². The molecule has 0 N–H and O–H groups in total. The van der Waals surface area contributed by atoms with Crippen molar-refractivity contribution in [3.8, 4) is 0 Å². The van der Waals surface area contributed by atoms with Crippen LogP contribution in [0.4, 0.5) is 0 Å². The van der Waals surface area contributed by atoms with Crippen LogP contribution in [0.3, 0.4) is 0 Å². The molecule has 0 aromatic heterocycles. The van der Waals surface area contributed by atoms with Gasteiger partial charge in [-0.15, -0.1) is 0 Å². The van der Waals surface area contributed by atoms with Crippen LogP contribution in [0.1, 0.15) is 61.8 Å². The molecule has 0 radical (unpaired) electrons. The van der Waals surface area contributed by atoms with Crippen molar-refractivity contribution in [1.29, 1.82) is 0 Å². The number of carbonyl (C=O) groups is 1. The van der Waals surface area contributed by atoms with Gasteiger partial charge in [0.25, 0.3) is 0 Å². The zero-order chi connectivity index (χ0) is 16.6. The molecule has 124 valence electrons. The van der Waals surface area contributed by atoms with Gasteiger partial charge in [-0.3, -0.25) is 0 Å². The van der Waals surface area contributed by atoms with E-state index in [1.165, 1.54) is 6.08 Å². The van der Waals surface area contributed by atoms with Crippen LogP contribution in [0.25, 0.3) is 0 Å². The fraction of sp³-hybridized carbons (Fsp3) is 0.824. The molecule has 0 aromatic carbocycles. The van der Waals surface area contributed by atoms with Crippen molar-refractivity contribution in [1.82, 2.24) is 0 Å². The summed E-state index contributed by atoms with van der Waals surface area (Å²) in [4.78, 5) is 11.5. The third kappa shape index (κ3) is 5.59. The van der Waals surface area contributed by atoms with Crippen LogP contribution in [-0.4, -0.2) is 27.0 Å². The average molecular weight is 315 g/mol. The third-order valence-corrected chi connectivity index (χ3v) is 10.3. The van der Waals surface area contributed by atoms with E-state index in [1.807, 2.05) is 13.0 Å². The molecule has 0 saturated heterocycles. The number of hydrogen-bond acceptors (Lipinski definition) is 3. The molecule has 0 aliphatic rings. The SMILES string of the molecule is CCOC(=O)/C=C/C(CC)O[Si](C(C)C)(C(C)C)C(C)C. The van der Waals surface area contributed by atoms with Crippen molar-refractivity contribution in [2.75, 3.05) is 6.61 Å². The minimum absolute atomic E-state index is 0.00623. The number of esters is 1. The Kier molecular flexibility index (Phi) is 9.14. The molecule has 0 heterocycles. The van der Waals surface area contributed by atoms with Crippen LogP contribution >= 0.6 is 0 Å². The summed E-state index contributed by atoms with van der Waals surface area (Å²) in [6.45, 7) is 17.9. The van der Waals surface area contributed by atoms with Gasteiger partial charge < -0.3 is 9.16 Å². The predicted molar refractivity (Wildman–Crippen MR) is 92.0 cm³/mol. The Morgan fingerprint density at radius 2 is 1.48 bits per heavy atom. The number of carbonyl (C=O) groups excluding carboxylic acids is 1. The standard InChI is InChI=1S/C17H34O3Si/c1-9-16(11-12-17(18)19-10-2)20-21(13(3)4,14(5)6)15(7)8/h11-16H,9-10H2,1-8H3/b12-11+. The fourth-order valence-corrected chi connectivity index (χ4v) is 8.89. The molecule has 0 aliphatic heterocycles. The summed E-state index contributed by atoms with van der Waals surface area (Å²) in [5, 5.41) is 0. The van der Waals surface area contributed by atoms with E-state index in [2.05, 4.69) is 48.5 Å². The third-order valence-electron chi connectivity index (χ3n) is 4.20. The average Bonchev–Trinajstić information content (AvgIpc) is 2.38. The summed E-state index contributed by atoms with van der Waals surface area (Å²) in [5.41, 5.74) is 1.63. The first-order valence-electron chi connectivity index (χ1n) is 8.24. The molecule has 1 unspecified atom stereocenters. The maximum absolute atomic E-state index is 11.5. The van der Waals surface area contributed by atoms with Crippen LogP contribution in [0, 0.1) is 0 Å². The molecule has 3 nitrogen and oxygen atoms in total. The summed E-state index contributed by atoms with van der Waals surface area (Å²) < 4.78 is 11.6. The largest absolute Gasteiger partial charge is 0.463 e. The van der Waals surface area contributed by atoms with Gasteiger partial charge in [-0.1, -0.05) is 48.5 Å². The highest BCUT2D eigenvalue weighted by atomic mass is 28.4. The van der Waals surface area contributed by atoms with Crippen LogP contribution in [0.15, 0.2) is 12.2 Å². The van der Waals surface area contributed by atoms with Crippen LogP contribution in [0.5, 0.6) is 0 Å². The van der Waals surface area contributed by atoms with Crippen molar-refractivity contribution >= 4 is 14.3 Å². The van der Waals surface area contributed by atoms with E-state index in [1.54, 1.807) is 0 Å². The minimum atomic E-state index is -1.91. The van der Waals surface area contributed by atoms with Crippen LogP contribution in [0.2, 0.25) is 16.6 Å². The molecule has 0 saturated carbocycles. The highest BCUT2D eigenvalue weighted by Crippen LogP contribution is 2.43. The first kappa shape index (κ1) is 20.4. The van der Waals surface area contributed by atoms with Gasteiger partial charge in [0, 0.05) is 6.08 Å². The molecule has 4 heteroatoms. The van der Waals surface area contributed by atoms with Gasteiger partial charge in [0.05, 0.1) is 12.7 Å². The summed E-state index contributed by atoms with van der Waals surface area (Å²) in [6.07, 6.45) is 4.25. The van der Waals surface area contributed by atoms with E-state index in [9.17, 15) is 4.79 Å². The number of rotatable bonds is 9. The maximum Gasteiger partial charge on any atom is 0.330 e. The molecule has 0 amide bonds. The van der Waals surface area contributed by atoms with E-state index in [0.717, 1.165) is 6.42 Å². The van der Waals surface area contributed by atoms with Crippen molar-refractivity contribution in [2.24, 2.45) is 0 Å². The zero-order valence-electron chi connectivity index (χ0n) is 15.1. The van der Waals surface area contributed by atoms with Crippen molar-refractivity contribution in [2.45, 2.75) is 84.5 Å². The Labute approximate surface area is 132 Å². The van der Waals surface area contributed by atoms with Gasteiger partial charge in [-0.25, -0.2) is 4.79 Å². The molecule has 1 atom stereocenters. The highest BCUT2D eigenvalue weighted by Gasteiger charge is 2.46.